The molecule has 1 aromatic rings. The highest BCUT2D eigenvalue weighted by atomic mass is 16.5. The van der Waals surface area contributed by atoms with Gasteiger partial charge in [0, 0.05) is 11.6 Å². The summed E-state index contributed by atoms with van der Waals surface area (Å²) in [5, 5.41) is 0. The highest BCUT2D eigenvalue weighted by Crippen LogP contribution is 2.35. The molecule has 0 spiro atoms. The first-order valence-corrected chi connectivity index (χ1v) is 7.29. The third-order valence-electron chi connectivity index (χ3n) is 3.17. The topological polar surface area (TPSA) is 52.6 Å². The number of rotatable bonds is 5. The van der Waals surface area contributed by atoms with Crippen LogP contribution in [-0.4, -0.2) is 25.5 Å². The van der Waals surface area contributed by atoms with Gasteiger partial charge in [-0.1, -0.05) is 26.8 Å². The molecule has 0 amide bonds. The maximum Gasteiger partial charge on any atom is 0.330 e. The zero-order valence-corrected chi connectivity index (χ0v) is 14.1. The lowest BCUT2D eigenvalue weighted by Gasteiger charge is -2.25. The van der Waals surface area contributed by atoms with E-state index in [9.17, 15) is 9.59 Å². The fourth-order valence-corrected chi connectivity index (χ4v) is 2.11. The number of hydrogen-bond acceptors (Lipinski definition) is 4. The second-order valence-corrected chi connectivity index (χ2v) is 6.09. The number of hydrogen-bond donors (Lipinski definition) is 0. The van der Waals surface area contributed by atoms with E-state index in [1.54, 1.807) is 6.07 Å². The van der Waals surface area contributed by atoms with Gasteiger partial charge in [0.25, 0.3) is 0 Å². The summed E-state index contributed by atoms with van der Waals surface area (Å²) in [6, 6.07) is 3.82. The van der Waals surface area contributed by atoms with Gasteiger partial charge in [0.1, 0.15) is 5.75 Å². The van der Waals surface area contributed by atoms with E-state index in [2.05, 4.69) is 25.5 Å². The van der Waals surface area contributed by atoms with E-state index in [1.165, 1.54) is 13.2 Å². The van der Waals surface area contributed by atoms with Crippen molar-refractivity contribution in [2.24, 2.45) is 0 Å². The Hall–Kier alpha value is -2.10. The summed E-state index contributed by atoms with van der Waals surface area (Å²) in [6.45, 7) is 10.5. The predicted molar refractivity (Wildman–Crippen MR) is 86.5 cm³/mol. The number of allylic oxidation sites excluding steroid dienone is 1. The number of methoxy groups -OCH3 is 1. The average molecular weight is 304 g/mol. The number of ketones is 1. The number of carbonyl (C=O) groups excluding carboxylic acids is 2. The van der Waals surface area contributed by atoms with Crippen LogP contribution in [0.3, 0.4) is 0 Å². The van der Waals surface area contributed by atoms with Crippen molar-refractivity contribution in [1.82, 2.24) is 0 Å². The Morgan fingerprint density at radius 2 is 1.82 bits per heavy atom. The van der Waals surface area contributed by atoms with Crippen molar-refractivity contribution in [3.05, 3.63) is 41.0 Å². The quantitative estimate of drug-likeness (QED) is 0.474. The molecular formula is C18H24O4. The normalized spacial score (nSPS) is 11.5. The summed E-state index contributed by atoms with van der Waals surface area (Å²) in [7, 11) is 1.27. The molecular weight excluding hydrogens is 280 g/mol. The standard InChI is InChI=1S/C18H24O4/c1-7-22-17-13(15(19)8-9-16(20)21-6)10-12(2)11-14(17)18(3,4)5/h8-11H,7H2,1-6H3/b9-8+. The van der Waals surface area contributed by atoms with E-state index >= 15 is 0 Å². The van der Waals surface area contributed by atoms with Crippen molar-refractivity contribution in [2.45, 2.75) is 40.0 Å². The van der Waals surface area contributed by atoms with E-state index in [0.29, 0.717) is 17.9 Å². The average Bonchev–Trinajstić information content (AvgIpc) is 2.44. The molecule has 1 aromatic carbocycles. The van der Waals surface area contributed by atoms with Crippen LogP contribution in [0, 0.1) is 6.92 Å². The van der Waals surface area contributed by atoms with E-state index < -0.39 is 5.97 Å². The first-order chi connectivity index (χ1) is 10.2. The molecule has 0 aliphatic carbocycles. The molecule has 4 nitrogen and oxygen atoms in total. The Labute approximate surface area is 132 Å². The molecule has 0 radical (unpaired) electrons. The Morgan fingerprint density at radius 1 is 1.18 bits per heavy atom. The highest BCUT2D eigenvalue weighted by molar-refractivity contribution is 6.09. The van der Waals surface area contributed by atoms with Gasteiger partial charge in [-0.2, -0.15) is 0 Å². The van der Waals surface area contributed by atoms with Gasteiger partial charge in [-0.05, 0) is 37.0 Å². The Balaban J connectivity index is 3.40. The second-order valence-electron chi connectivity index (χ2n) is 6.09. The zero-order valence-electron chi connectivity index (χ0n) is 14.1. The van der Waals surface area contributed by atoms with Crippen molar-refractivity contribution in [2.75, 3.05) is 13.7 Å². The van der Waals surface area contributed by atoms with Crippen LogP contribution in [0.4, 0.5) is 0 Å². The van der Waals surface area contributed by atoms with Crippen LogP contribution in [-0.2, 0) is 14.9 Å². The van der Waals surface area contributed by atoms with Crippen molar-refractivity contribution in [3.63, 3.8) is 0 Å². The van der Waals surface area contributed by atoms with E-state index in [0.717, 1.165) is 17.2 Å². The van der Waals surface area contributed by atoms with Gasteiger partial charge in [0.2, 0.25) is 0 Å². The monoisotopic (exact) mass is 304 g/mol. The van der Waals surface area contributed by atoms with Crippen LogP contribution in [0.2, 0.25) is 0 Å². The lowest BCUT2D eigenvalue weighted by atomic mass is 9.83. The fourth-order valence-electron chi connectivity index (χ4n) is 2.11. The summed E-state index contributed by atoms with van der Waals surface area (Å²) in [4.78, 5) is 23.6. The van der Waals surface area contributed by atoms with Crippen LogP contribution >= 0.6 is 0 Å². The molecule has 120 valence electrons. The molecule has 0 heterocycles. The maximum atomic E-state index is 12.4. The van der Waals surface area contributed by atoms with E-state index in [1.807, 2.05) is 19.9 Å². The van der Waals surface area contributed by atoms with Gasteiger partial charge < -0.3 is 9.47 Å². The second kappa shape index (κ2) is 7.25. The van der Waals surface area contributed by atoms with Crippen molar-refractivity contribution < 1.29 is 19.1 Å². The van der Waals surface area contributed by atoms with Gasteiger partial charge in [0.15, 0.2) is 5.78 Å². The summed E-state index contributed by atoms with van der Waals surface area (Å²) in [6.07, 6.45) is 2.34. The zero-order chi connectivity index (χ0) is 16.9. The van der Waals surface area contributed by atoms with E-state index in [-0.39, 0.29) is 11.2 Å². The fraction of sp³-hybridized carbons (Fsp3) is 0.444. The SMILES string of the molecule is CCOc1c(C(=O)/C=C/C(=O)OC)cc(C)cc1C(C)(C)C. The van der Waals surface area contributed by atoms with E-state index in [4.69, 9.17) is 4.74 Å². The Kier molecular flexibility index (Phi) is 5.92. The molecule has 0 saturated heterocycles. The summed E-state index contributed by atoms with van der Waals surface area (Å²) >= 11 is 0. The summed E-state index contributed by atoms with van der Waals surface area (Å²) in [5.41, 5.74) is 2.26. The number of carbonyl (C=O) groups is 2. The lowest BCUT2D eigenvalue weighted by molar-refractivity contribution is -0.134. The van der Waals surface area contributed by atoms with Crippen LogP contribution < -0.4 is 4.74 Å². The molecule has 0 saturated carbocycles. The number of ether oxygens (including phenoxy) is 2. The van der Waals surface area contributed by atoms with Crippen molar-refractivity contribution in [1.29, 1.82) is 0 Å². The van der Waals surface area contributed by atoms with Gasteiger partial charge in [-0.25, -0.2) is 4.79 Å². The Morgan fingerprint density at radius 3 is 2.32 bits per heavy atom. The van der Waals surface area contributed by atoms with Crippen LogP contribution in [0.25, 0.3) is 0 Å². The third-order valence-corrected chi connectivity index (χ3v) is 3.17. The molecule has 0 aliphatic heterocycles. The number of benzene rings is 1. The molecule has 4 heteroatoms. The minimum Gasteiger partial charge on any atom is -0.493 e. The highest BCUT2D eigenvalue weighted by Gasteiger charge is 2.24. The van der Waals surface area contributed by atoms with Crippen LogP contribution in [0.15, 0.2) is 24.3 Å². The molecule has 22 heavy (non-hydrogen) atoms. The van der Waals surface area contributed by atoms with Crippen LogP contribution in [0.5, 0.6) is 5.75 Å². The first kappa shape index (κ1) is 18.0. The predicted octanol–water partition coefficient (Wildman–Crippen LogP) is 3.60. The van der Waals surface area contributed by atoms with Gasteiger partial charge >= 0.3 is 5.97 Å². The Bertz CT molecular complexity index is 592. The lowest BCUT2D eigenvalue weighted by Crippen LogP contribution is -2.16. The summed E-state index contributed by atoms with van der Waals surface area (Å²) in [5.74, 6) is -0.252. The third kappa shape index (κ3) is 4.45. The van der Waals surface area contributed by atoms with Crippen molar-refractivity contribution >= 4 is 11.8 Å². The molecule has 0 atom stereocenters. The minimum absolute atomic E-state index is 0.155. The van der Waals surface area contributed by atoms with Gasteiger partial charge in [-0.3, -0.25) is 4.79 Å². The van der Waals surface area contributed by atoms with Crippen LogP contribution in [0.1, 0.15) is 49.2 Å². The van der Waals surface area contributed by atoms with Crippen molar-refractivity contribution in [3.8, 4) is 5.75 Å². The van der Waals surface area contributed by atoms with Gasteiger partial charge in [0.05, 0.1) is 19.3 Å². The molecule has 1 rings (SSSR count). The maximum absolute atomic E-state index is 12.4. The molecule has 0 fully saturated rings. The number of aryl methyl sites for hydroxylation is 1. The molecule has 0 bridgehead atoms. The van der Waals surface area contributed by atoms with Gasteiger partial charge in [-0.15, -0.1) is 0 Å². The molecule has 0 unspecified atom stereocenters. The minimum atomic E-state index is -0.560. The smallest absolute Gasteiger partial charge is 0.330 e. The summed E-state index contributed by atoms with van der Waals surface area (Å²) < 4.78 is 10.2. The molecule has 0 aromatic heterocycles. The first-order valence-electron chi connectivity index (χ1n) is 7.29. The largest absolute Gasteiger partial charge is 0.493 e. The number of esters is 1. The molecule has 0 aliphatic rings. The molecule has 0 N–H and O–H groups in total.